The van der Waals surface area contributed by atoms with E-state index in [4.69, 9.17) is 5.73 Å². The van der Waals surface area contributed by atoms with Gasteiger partial charge in [0.1, 0.15) is 5.75 Å². The summed E-state index contributed by atoms with van der Waals surface area (Å²) < 4.78 is 40.4. The molecule has 2 N–H and O–H groups in total. The normalized spacial score (nSPS) is 11.5. The molecule has 0 atom stereocenters. The van der Waals surface area contributed by atoms with Gasteiger partial charge in [0.15, 0.2) is 0 Å². The van der Waals surface area contributed by atoms with Gasteiger partial charge in [-0.05, 0) is 12.1 Å². The Morgan fingerprint density at radius 1 is 1.33 bits per heavy atom. The number of halogens is 5. The maximum absolute atomic E-state index is 12.0. The van der Waals surface area contributed by atoms with E-state index in [9.17, 15) is 13.2 Å². The van der Waals surface area contributed by atoms with E-state index in [0.717, 1.165) is 0 Å². The fourth-order valence-electron chi connectivity index (χ4n) is 0.991. The maximum Gasteiger partial charge on any atom is 0.573 e. The zero-order chi connectivity index (χ0) is 11.6. The molecule has 84 valence electrons. The van der Waals surface area contributed by atoms with Crippen LogP contribution in [0.1, 0.15) is 5.56 Å². The van der Waals surface area contributed by atoms with Crippen molar-refractivity contribution in [3.63, 3.8) is 0 Å². The van der Waals surface area contributed by atoms with E-state index in [1.165, 1.54) is 12.1 Å². The number of rotatable bonds is 2. The third-order valence-electron chi connectivity index (χ3n) is 1.57. The number of anilines is 1. The molecule has 0 unspecified atom stereocenters. The summed E-state index contributed by atoms with van der Waals surface area (Å²) in [6.07, 6.45) is -4.72. The number of benzene rings is 1. The van der Waals surface area contributed by atoms with Crippen LogP contribution in [0.4, 0.5) is 18.9 Å². The third-order valence-corrected chi connectivity index (χ3v) is 2.59. The zero-order valence-corrected chi connectivity index (χ0v) is 10.4. The fourth-order valence-corrected chi connectivity index (χ4v) is 2.05. The molecule has 0 aromatic heterocycles. The van der Waals surface area contributed by atoms with Gasteiger partial charge in [0.2, 0.25) is 0 Å². The molecule has 7 heteroatoms. The number of alkyl halides is 4. The number of nitrogen functional groups attached to an aromatic ring is 1. The average molecular weight is 349 g/mol. The second kappa shape index (κ2) is 4.61. The first-order valence-corrected chi connectivity index (χ1v) is 5.64. The minimum Gasteiger partial charge on any atom is -0.405 e. The molecule has 1 aromatic carbocycles. The van der Waals surface area contributed by atoms with Gasteiger partial charge in [-0.1, -0.05) is 31.9 Å². The van der Waals surface area contributed by atoms with Crippen LogP contribution < -0.4 is 10.5 Å². The third kappa shape index (κ3) is 3.57. The van der Waals surface area contributed by atoms with Crippen LogP contribution in [0, 0.1) is 0 Å². The summed E-state index contributed by atoms with van der Waals surface area (Å²) in [5, 5.41) is 0.192. The minimum absolute atomic E-state index is 0.192. The van der Waals surface area contributed by atoms with Crippen molar-refractivity contribution < 1.29 is 17.9 Å². The van der Waals surface area contributed by atoms with Crippen LogP contribution in [0.3, 0.4) is 0 Å². The monoisotopic (exact) mass is 347 g/mol. The molecule has 0 bridgehead atoms. The summed E-state index contributed by atoms with van der Waals surface area (Å²) in [7, 11) is 0. The van der Waals surface area contributed by atoms with Crippen LogP contribution in [0.5, 0.6) is 5.75 Å². The lowest BCUT2D eigenvalue weighted by atomic mass is 10.2. The number of hydrogen-bond acceptors (Lipinski definition) is 2. The molecule has 0 spiro atoms. The molecule has 0 aliphatic rings. The Hall–Kier alpha value is -0.430. The Balaban J connectivity index is 3.15. The lowest BCUT2D eigenvalue weighted by Crippen LogP contribution is -2.18. The molecule has 1 aromatic rings. The number of hydrogen-bond donors (Lipinski definition) is 1. The smallest absolute Gasteiger partial charge is 0.405 e. The first kappa shape index (κ1) is 12.6. The molecule has 0 radical (unpaired) electrons. The van der Waals surface area contributed by atoms with Gasteiger partial charge in [-0.3, -0.25) is 0 Å². The molecular weight excluding hydrogens is 343 g/mol. The van der Waals surface area contributed by atoms with Gasteiger partial charge in [-0.25, -0.2) is 0 Å². The average Bonchev–Trinajstić information content (AvgIpc) is 1.99. The molecule has 0 aliphatic carbocycles. The highest BCUT2D eigenvalue weighted by atomic mass is 79.9. The van der Waals surface area contributed by atoms with E-state index < -0.39 is 6.36 Å². The van der Waals surface area contributed by atoms with Crippen molar-refractivity contribution in [1.29, 1.82) is 0 Å². The highest BCUT2D eigenvalue weighted by molar-refractivity contribution is 9.10. The van der Waals surface area contributed by atoms with Crippen LogP contribution >= 0.6 is 31.9 Å². The summed E-state index contributed by atoms with van der Waals surface area (Å²) in [5.74, 6) is -0.300. The SMILES string of the molecule is Nc1cc(Br)cc(OC(F)(F)F)c1CBr. The van der Waals surface area contributed by atoms with Crippen LogP contribution in [-0.2, 0) is 5.33 Å². The van der Waals surface area contributed by atoms with Crippen molar-refractivity contribution >= 4 is 37.5 Å². The Bertz CT molecular complexity index is 368. The molecule has 0 saturated carbocycles. The summed E-state index contributed by atoms with van der Waals surface area (Å²) in [4.78, 5) is 0. The van der Waals surface area contributed by atoms with Crippen molar-refractivity contribution in [2.45, 2.75) is 11.7 Å². The fraction of sp³-hybridized carbons (Fsp3) is 0.250. The predicted octanol–water partition coefficient (Wildman–Crippen LogP) is 3.82. The van der Waals surface area contributed by atoms with Crippen LogP contribution in [-0.4, -0.2) is 6.36 Å². The van der Waals surface area contributed by atoms with E-state index in [2.05, 4.69) is 36.6 Å². The lowest BCUT2D eigenvalue weighted by molar-refractivity contribution is -0.274. The van der Waals surface area contributed by atoms with E-state index in [1.807, 2.05) is 0 Å². The molecule has 0 amide bonds. The number of ether oxygens (including phenoxy) is 1. The molecule has 0 fully saturated rings. The van der Waals surface area contributed by atoms with Crippen molar-refractivity contribution in [3.05, 3.63) is 22.2 Å². The van der Waals surface area contributed by atoms with Crippen molar-refractivity contribution in [3.8, 4) is 5.75 Å². The van der Waals surface area contributed by atoms with Gasteiger partial charge in [0.25, 0.3) is 0 Å². The molecule has 0 aliphatic heterocycles. The quantitative estimate of drug-likeness (QED) is 0.651. The van der Waals surface area contributed by atoms with Gasteiger partial charge in [-0.2, -0.15) is 0 Å². The largest absolute Gasteiger partial charge is 0.573 e. The van der Waals surface area contributed by atoms with Crippen molar-refractivity contribution in [2.24, 2.45) is 0 Å². The summed E-state index contributed by atoms with van der Waals surface area (Å²) in [5.41, 5.74) is 6.05. The Morgan fingerprint density at radius 3 is 2.40 bits per heavy atom. The minimum atomic E-state index is -4.72. The Labute approximate surface area is 101 Å². The molecule has 0 saturated heterocycles. The second-order valence-corrected chi connectivity index (χ2v) is 4.13. The van der Waals surface area contributed by atoms with Gasteiger partial charge >= 0.3 is 6.36 Å². The second-order valence-electron chi connectivity index (χ2n) is 2.65. The highest BCUT2D eigenvalue weighted by Crippen LogP contribution is 2.34. The van der Waals surface area contributed by atoms with Crippen molar-refractivity contribution in [2.75, 3.05) is 5.73 Å². The first-order chi connectivity index (χ1) is 6.83. The molecule has 1 rings (SSSR count). The van der Waals surface area contributed by atoms with Crippen LogP contribution in [0.2, 0.25) is 0 Å². The van der Waals surface area contributed by atoms with E-state index in [1.54, 1.807) is 0 Å². The predicted molar refractivity (Wildman–Crippen MR) is 57.9 cm³/mol. The van der Waals surface area contributed by atoms with Crippen molar-refractivity contribution in [1.82, 2.24) is 0 Å². The first-order valence-electron chi connectivity index (χ1n) is 3.73. The van der Waals surface area contributed by atoms with Gasteiger partial charge in [0.05, 0.1) is 0 Å². The number of nitrogens with two attached hydrogens (primary N) is 1. The summed E-state index contributed by atoms with van der Waals surface area (Å²) in [6, 6.07) is 2.74. The Morgan fingerprint density at radius 2 is 1.93 bits per heavy atom. The summed E-state index contributed by atoms with van der Waals surface area (Å²) >= 11 is 6.09. The van der Waals surface area contributed by atoms with Crippen LogP contribution in [0.15, 0.2) is 16.6 Å². The van der Waals surface area contributed by atoms with Gasteiger partial charge in [0, 0.05) is 21.1 Å². The zero-order valence-electron chi connectivity index (χ0n) is 7.24. The van der Waals surface area contributed by atoms with E-state index >= 15 is 0 Å². The maximum atomic E-state index is 12.0. The van der Waals surface area contributed by atoms with E-state index in [-0.39, 0.29) is 22.3 Å². The van der Waals surface area contributed by atoms with Gasteiger partial charge < -0.3 is 10.5 Å². The lowest BCUT2D eigenvalue weighted by Gasteiger charge is -2.14. The molecular formula is C8H6Br2F3NO. The highest BCUT2D eigenvalue weighted by Gasteiger charge is 2.32. The Kier molecular flexibility index (Phi) is 3.88. The molecule has 2 nitrogen and oxygen atoms in total. The molecule has 0 heterocycles. The van der Waals surface area contributed by atoms with Gasteiger partial charge in [-0.15, -0.1) is 13.2 Å². The van der Waals surface area contributed by atoms with Crippen LogP contribution in [0.25, 0.3) is 0 Å². The van der Waals surface area contributed by atoms with E-state index in [0.29, 0.717) is 4.47 Å². The standard InChI is InChI=1S/C8H6Br2F3NO/c9-3-5-6(14)1-4(10)2-7(5)15-8(11,12)13/h1-2H,3,14H2. The topological polar surface area (TPSA) is 35.2 Å². The molecule has 15 heavy (non-hydrogen) atoms. The summed E-state index contributed by atoms with van der Waals surface area (Å²) in [6.45, 7) is 0.